The molecule has 0 radical (unpaired) electrons. The van der Waals surface area contributed by atoms with Gasteiger partial charge in [-0.05, 0) is 69.2 Å². The van der Waals surface area contributed by atoms with Gasteiger partial charge in [0.05, 0.1) is 32.7 Å². The summed E-state index contributed by atoms with van der Waals surface area (Å²) in [6.45, 7) is 17.2. The van der Waals surface area contributed by atoms with Gasteiger partial charge in [-0.1, -0.05) is 0 Å². The molecule has 0 amide bonds. The van der Waals surface area contributed by atoms with Crippen molar-refractivity contribution < 1.29 is 43.3 Å². The van der Waals surface area contributed by atoms with Crippen LogP contribution in [0.2, 0.25) is 0 Å². The van der Waals surface area contributed by atoms with Crippen LogP contribution in [0.1, 0.15) is 69.2 Å². The third kappa shape index (κ3) is 22.0. The Balaban J connectivity index is 5.47. The van der Waals surface area contributed by atoms with Crippen molar-refractivity contribution in [3.8, 4) is 0 Å². The highest BCUT2D eigenvalue weighted by molar-refractivity contribution is 5.77. The van der Waals surface area contributed by atoms with Crippen LogP contribution in [0.15, 0.2) is 0 Å². The van der Waals surface area contributed by atoms with Crippen molar-refractivity contribution in [1.82, 2.24) is 14.7 Å². The highest BCUT2D eigenvalue weighted by atomic mass is 16.6. The monoisotopic (exact) mass is 559 g/mol. The van der Waals surface area contributed by atoms with Gasteiger partial charge in [-0.2, -0.15) is 0 Å². The van der Waals surface area contributed by atoms with Crippen molar-refractivity contribution in [3.05, 3.63) is 0 Å². The van der Waals surface area contributed by atoms with Gasteiger partial charge in [0.2, 0.25) is 0 Å². The number of esters is 3. The van der Waals surface area contributed by atoms with Crippen LogP contribution in [0.5, 0.6) is 0 Å². The van der Waals surface area contributed by atoms with Crippen LogP contribution in [0.3, 0.4) is 0 Å². The van der Waals surface area contributed by atoms with Crippen LogP contribution in [0.25, 0.3) is 0 Å². The number of Topliss-reactive ketones (excluding diaryl/α,β-unsaturated/α-hetero) is 1. The maximum atomic E-state index is 12.5. The van der Waals surface area contributed by atoms with Crippen LogP contribution in [0, 0.1) is 0 Å². The average Bonchev–Trinajstić information content (AvgIpc) is 2.64. The maximum absolute atomic E-state index is 12.5. The summed E-state index contributed by atoms with van der Waals surface area (Å²) in [6.07, 6.45) is 0. The Morgan fingerprint density at radius 3 is 1.05 bits per heavy atom. The smallest absolute Gasteiger partial charge is 0.320 e. The first-order chi connectivity index (χ1) is 17.5. The first-order valence-electron chi connectivity index (χ1n) is 13.1. The standard InChI is InChI=1S/C27H49N3O9/c1-20(31)15-28(11-13-29(16-21(32)33)17-22(34)37-25(2,3)4)12-14-30(18-23(35)38-26(5,6)7)19-24(36)39-27(8,9)10/h11-19H2,1-10H3,(H,32,33). The van der Waals surface area contributed by atoms with E-state index in [1.165, 1.54) is 11.8 Å². The van der Waals surface area contributed by atoms with E-state index < -0.39 is 40.7 Å². The zero-order valence-electron chi connectivity index (χ0n) is 25.4. The molecular weight excluding hydrogens is 510 g/mol. The van der Waals surface area contributed by atoms with Crippen molar-refractivity contribution >= 4 is 29.7 Å². The van der Waals surface area contributed by atoms with Crippen molar-refractivity contribution in [2.45, 2.75) is 86.0 Å². The summed E-state index contributed by atoms with van der Waals surface area (Å²) in [5, 5.41) is 9.29. The molecule has 0 aromatic rings. The van der Waals surface area contributed by atoms with Crippen molar-refractivity contribution in [2.75, 3.05) is 58.9 Å². The Hall–Kier alpha value is -2.57. The van der Waals surface area contributed by atoms with E-state index in [2.05, 4.69) is 0 Å². The molecule has 0 aliphatic rings. The van der Waals surface area contributed by atoms with Crippen LogP contribution in [-0.4, -0.2) is 125 Å². The highest BCUT2D eigenvalue weighted by Crippen LogP contribution is 2.11. The normalized spacial score (nSPS) is 12.5. The molecule has 1 N–H and O–H groups in total. The van der Waals surface area contributed by atoms with E-state index >= 15 is 0 Å². The highest BCUT2D eigenvalue weighted by Gasteiger charge is 2.25. The average molecular weight is 560 g/mol. The first-order valence-corrected chi connectivity index (χ1v) is 13.1. The fourth-order valence-electron chi connectivity index (χ4n) is 3.44. The van der Waals surface area contributed by atoms with Gasteiger partial charge >= 0.3 is 23.9 Å². The number of nitrogens with zero attached hydrogens (tertiary/aromatic N) is 3. The molecule has 0 fully saturated rings. The second-order valence-electron chi connectivity index (χ2n) is 12.6. The molecule has 12 nitrogen and oxygen atoms in total. The summed E-state index contributed by atoms with van der Waals surface area (Å²) < 4.78 is 16.1. The second-order valence-corrected chi connectivity index (χ2v) is 12.6. The summed E-state index contributed by atoms with van der Waals surface area (Å²) in [7, 11) is 0. The Morgan fingerprint density at radius 2 is 0.795 bits per heavy atom. The van der Waals surface area contributed by atoms with E-state index in [-0.39, 0.29) is 58.1 Å². The third-order valence-electron chi connectivity index (χ3n) is 4.59. The summed E-state index contributed by atoms with van der Waals surface area (Å²) >= 11 is 0. The predicted octanol–water partition coefficient (Wildman–Crippen LogP) is 1.59. The Kier molecular flexibility index (Phi) is 14.8. The number of ketones is 1. The van der Waals surface area contributed by atoms with E-state index in [9.17, 15) is 29.1 Å². The molecule has 0 saturated heterocycles. The zero-order chi connectivity index (χ0) is 30.6. The summed E-state index contributed by atoms with van der Waals surface area (Å²) in [5.74, 6) is -2.78. The van der Waals surface area contributed by atoms with Gasteiger partial charge in [0.1, 0.15) is 22.6 Å². The van der Waals surface area contributed by atoms with Gasteiger partial charge in [0, 0.05) is 26.2 Å². The van der Waals surface area contributed by atoms with Crippen LogP contribution in [0.4, 0.5) is 0 Å². The molecule has 0 atom stereocenters. The van der Waals surface area contributed by atoms with Gasteiger partial charge in [0.25, 0.3) is 0 Å². The Labute approximate surface area is 232 Å². The minimum Gasteiger partial charge on any atom is -0.480 e. The fourth-order valence-corrected chi connectivity index (χ4v) is 3.44. The molecule has 0 saturated carbocycles. The summed E-state index contributed by atoms with van der Waals surface area (Å²) in [6, 6.07) is 0. The zero-order valence-corrected chi connectivity index (χ0v) is 25.4. The maximum Gasteiger partial charge on any atom is 0.320 e. The summed E-state index contributed by atoms with van der Waals surface area (Å²) in [4.78, 5) is 65.4. The van der Waals surface area contributed by atoms with Gasteiger partial charge < -0.3 is 19.3 Å². The lowest BCUT2D eigenvalue weighted by Crippen LogP contribution is -2.46. The van der Waals surface area contributed by atoms with E-state index in [4.69, 9.17) is 14.2 Å². The number of carbonyl (C=O) groups excluding carboxylic acids is 4. The largest absolute Gasteiger partial charge is 0.480 e. The summed E-state index contributed by atoms with van der Waals surface area (Å²) in [5.41, 5.74) is -2.10. The number of aliphatic carboxylic acids is 1. The molecular formula is C27H49N3O9. The predicted molar refractivity (Wildman–Crippen MR) is 145 cm³/mol. The molecule has 226 valence electrons. The molecule has 0 aromatic heterocycles. The second kappa shape index (κ2) is 15.9. The molecule has 0 aromatic carbocycles. The van der Waals surface area contributed by atoms with Gasteiger partial charge in [-0.15, -0.1) is 0 Å². The van der Waals surface area contributed by atoms with E-state index in [0.717, 1.165) is 0 Å². The Morgan fingerprint density at radius 1 is 0.513 bits per heavy atom. The number of rotatable bonds is 16. The minimum atomic E-state index is -1.10. The minimum absolute atomic E-state index is 0.0695. The molecule has 0 spiro atoms. The van der Waals surface area contributed by atoms with Gasteiger partial charge in [-0.3, -0.25) is 38.7 Å². The number of carboxylic acids is 1. The quantitative estimate of drug-likeness (QED) is 0.217. The van der Waals surface area contributed by atoms with Crippen LogP contribution >= 0.6 is 0 Å². The molecule has 0 rings (SSSR count). The molecule has 0 aliphatic carbocycles. The topological polar surface area (TPSA) is 143 Å². The SMILES string of the molecule is CC(=O)CN(CCN(CC(=O)O)CC(=O)OC(C)(C)C)CCN(CC(=O)OC(C)(C)C)CC(=O)OC(C)(C)C. The van der Waals surface area contributed by atoms with Crippen molar-refractivity contribution in [2.24, 2.45) is 0 Å². The van der Waals surface area contributed by atoms with E-state index in [1.807, 2.05) is 0 Å². The Bertz CT molecular complexity index is 809. The number of carboxylic acid groups (broad SMARTS) is 1. The third-order valence-corrected chi connectivity index (χ3v) is 4.59. The lowest BCUT2D eigenvalue weighted by Gasteiger charge is -2.30. The van der Waals surface area contributed by atoms with Crippen molar-refractivity contribution in [3.63, 3.8) is 0 Å². The van der Waals surface area contributed by atoms with Crippen LogP contribution in [-0.2, 0) is 38.2 Å². The molecule has 39 heavy (non-hydrogen) atoms. The number of hydrogen-bond donors (Lipinski definition) is 1. The van der Waals surface area contributed by atoms with Gasteiger partial charge in [0.15, 0.2) is 0 Å². The molecule has 12 heteroatoms. The lowest BCUT2D eigenvalue weighted by atomic mass is 10.2. The molecule has 0 aliphatic heterocycles. The number of ether oxygens (including phenoxy) is 3. The number of hydrogen-bond acceptors (Lipinski definition) is 11. The molecule has 0 unspecified atom stereocenters. The first kappa shape index (κ1) is 36.4. The van der Waals surface area contributed by atoms with E-state index in [0.29, 0.717) is 6.54 Å². The number of carbonyl (C=O) groups is 5. The molecule has 0 heterocycles. The molecule has 0 bridgehead atoms. The lowest BCUT2D eigenvalue weighted by molar-refractivity contribution is -0.160. The van der Waals surface area contributed by atoms with Crippen LogP contribution < -0.4 is 0 Å². The van der Waals surface area contributed by atoms with E-state index in [1.54, 1.807) is 72.1 Å². The van der Waals surface area contributed by atoms with Gasteiger partial charge in [-0.25, -0.2) is 0 Å². The van der Waals surface area contributed by atoms with Crippen molar-refractivity contribution in [1.29, 1.82) is 0 Å². The fraction of sp³-hybridized carbons (Fsp3) is 0.815.